The molecule has 1 atom stereocenters. The average Bonchev–Trinajstić information content (AvgIpc) is 2.88. The van der Waals surface area contributed by atoms with E-state index in [9.17, 15) is 4.79 Å². The summed E-state index contributed by atoms with van der Waals surface area (Å²) in [7, 11) is 3.59. The summed E-state index contributed by atoms with van der Waals surface area (Å²) in [5.74, 6) is 2.04. The van der Waals surface area contributed by atoms with Crippen LogP contribution in [0.25, 0.3) is 0 Å². The smallest absolute Gasteiger partial charge is 0.293 e. The molecule has 0 aliphatic carbocycles. The standard InChI is InChI=1S/C17H25N5O3/c1-12-13(2)25-15(19-12)11-22-7-8-24-14(10-22)9-21(4)16-17(23)20(3)6-5-18-16/h5-6,14H,7-11H2,1-4H3/t14-/m0/s1. The van der Waals surface area contributed by atoms with Gasteiger partial charge in [0.2, 0.25) is 5.89 Å². The van der Waals surface area contributed by atoms with E-state index in [4.69, 9.17) is 9.15 Å². The molecule has 0 N–H and O–H groups in total. The maximum absolute atomic E-state index is 12.2. The van der Waals surface area contributed by atoms with Crippen LogP contribution in [0, 0.1) is 13.8 Å². The molecule has 136 valence electrons. The van der Waals surface area contributed by atoms with Crippen LogP contribution in [0.1, 0.15) is 17.3 Å². The third-order valence-corrected chi connectivity index (χ3v) is 4.49. The van der Waals surface area contributed by atoms with Gasteiger partial charge in [-0.25, -0.2) is 9.97 Å². The van der Waals surface area contributed by atoms with E-state index in [2.05, 4.69) is 14.9 Å². The number of anilines is 1. The number of rotatable bonds is 5. The molecule has 1 aliphatic heterocycles. The summed E-state index contributed by atoms with van der Waals surface area (Å²) in [4.78, 5) is 25.0. The van der Waals surface area contributed by atoms with Gasteiger partial charge in [0.05, 0.1) is 24.9 Å². The fourth-order valence-corrected chi connectivity index (χ4v) is 2.97. The maximum Gasteiger partial charge on any atom is 0.293 e. The predicted molar refractivity (Wildman–Crippen MR) is 93.7 cm³/mol. The topological polar surface area (TPSA) is 76.6 Å². The van der Waals surface area contributed by atoms with Crippen LogP contribution in [0.3, 0.4) is 0 Å². The zero-order valence-electron chi connectivity index (χ0n) is 15.2. The molecule has 2 aromatic heterocycles. The zero-order valence-corrected chi connectivity index (χ0v) is 15.2. The fraction of sp³-hybridized carbons (Fsp3) is 0.588. The number of aryl methyl sites for hydroxylation is 3. The van der Waals surface area contributed by atoms with Crippen molar-refractivity contribution in [2.45, 2.75) is 26.5 Å². The van der Waals surface area contributed by atoms with Gasteiger partial charge in [0.1, 0.15) is 5.76 Å². The van der Waals surface area contributed by atoms with Gasteiger partial charge in [-0.15, -0.1) is 0 Å². The molecule has 25 heavy (non-hydrogen) atoms. The van der Waals surface area contributed by atoms with Crippen molar-refractivity contribution in [1.82, 2.24) is 19.4 Å². The lowest BCUT2D eigenvalue weighted by Crippen LogP contribution is -2.47. The van der Waals surface area contributed by atoms with Crippen molar-refractivity contribution in [2.24, 2.45) is 7.05 Å². The number of oxazole rings is 1. The fourth-order valence-electron chi connectivity index (χ4n) is 2.97. The Bertz CT molecular complexity index is 765. The first-order valence-corrected chi connectivity index (χ1v) is 8.43. The van der Waals surface area contributed by atoms with Gasteiger partial charge in [0.25, 0.3) is 5.56 Å². The van der Waals surface area contributed by atoms with Crippen LogP contribution in [0.2, 0.25) is 0 Å². The van der Waals surface area contributed by atoms with Gasteiger partial charge in [0.15, 0.2) is 5.82 Å². The number of likely N-dealkylation sites (N-methyl/N-ethyl adjacent to an activating group) is 1. The minimum absolute atomic E-state index is 0.00242. The van der Waals surface area contributed by atoms with Crippen molar-refractivity contribution in [1.29, 1.82) is 0 Å². The molecule has 0 radical (unpaired) electrons. The lowest BCUT2D eigenvalue weighted by Gasteiger charge is -2.34. The summed E-state index contributed by atoms with van der Waals surface area (Å²) < 4.78 is 13.1. The van der Waals surface area contributed by atoms with Crippen molar-refractivity contribution in [3.05, 3.63) is 40.1 Å². The van der Waals surface area contributed by atoms with Crippen LogP contribution in [-0.2, 0) is 18.3 Å². The summed E-state index contributed by atoms with van der Waals surface area (Å²) in [6, 6.07) is 0. The first-order valence-electron chi connectivity index (χ1n) is 8.43. The molecule has 3 heterocycles. The Morgan fingerprint density at radius 1 is 1.40 bits per heavy atom. The summed E-state index contributed by atoms with van der Waals surface area (Å²) >= 11 is 0. The van der Waals surface area contributed by atoms with E-state index in [1.54, 1.807) is 19.4 Å². The Hall–Kier alpha value is -2.19. The van der Waals surface area contributed by atoms with Crippen LogP contribution in [0.15, 0.2) is 21.6 Å². The van der Waals surface area contributed by atoms with Gasteiger partial charge in [0, 0.05) is 46.1 Å². The molecule has 2 aromatic rings. The summed E-state index contributed by atoms with van der Waals surface area (Å²) in [5.41, 5.74) is 0.828. The van der Waals surface area contributed by atoms with E-state index < -0.39 is 0 Å². The molecule has 0 unspecified atom stereocenters. The van der Waals surface area contributed by atoms with Gasteiger partial charge < -0.3 is 18.6 Å². The van der Waals surface area contributed by atoms with Crippen LogP contribution in [0.5, 0.6) is 0 Å². The Kier molecular flexibility index (Phi) is 5.19. The number of aromatic nitrogens is 3. The molecule has 8 heteroatoms. The molecule has 0 spiro atoms. The van der Waals surface area contributed by atoms with E-state index in [0.29, 0.717) is 25.5 Å². The lowest BCUT2D eigenvalue weighted by atomic mass is 10.2. The van der Waals surface area contributed by atoms with Gasteiger partial charge in [-0.05, 0) is 13.8 Å². The monoisotopic (exact) mass is 347 g/mol. The number of hydrogen-bond donors (Lipinski definition) is 0. The molecule has 0 bridgehead atoms. The minimum Gasteiger partial charge on any atom is -0.444 e. The molecule has 0 amide bonds. The average molecular weight is 347 g/mol. The van der Waals surface area contributed by atoms with Crippen molar-refractivity contribution in [2.75, 3.05) is 38.2 Å². The van der Waals surface area contributed by atoms with Crippen molar-refractivity contribution in [3.8, 4) is 0 Å². The van der Waals surface area contributed by atoms with Gasteiger partial charge >= 0.3 is 0 Å². The zero-order chi connectivity index (χ0) is 18.0. The highest BCUT2D eigenvalue weighted by molar-refractivity contribution is 5.34. The third-order valence-electron chi connectivity index (χ3n) is 4.49. The Morgan fingerprint density at radius 2 is 2.20 bits per heavy atom. The molecule has 1 fully saturated rings. The van der Waals surface area contributed by atoms with Gasteiger partial charge in [-0.1, -0.05) is 0 Å². The first-order chi connectivity index (χ1) is 11.9. The number of hydrogen-bond acceptors (Lipinski definition) is 7. The normalized spacial score (nSPS) is 18.5. The Morgan fingerprint density at radius 3 is 2.92 bits per heavy atom. The highest BCUT2D eigenvalue weighted by Gasteiger charge is 2.24. The van der Waals surface area contributed by atoms with Crippen molar-refractivity contribution in [3.63, 3.8) is 0 Å². The minimum atomic E-state index is -0.108. The highest BCUT2D eigenvalue weighted by Crippen LogP contribution is 2.14. The quantitative estimate of drug-likeness (QED) is 0.789. The van der Waals surface area contributed by atoms with E-state index in [-0.39, 0.29) is 11.7 Å². The van der Waals surface area contributed by atoms with E-state index in [1.807, 2.05) is 25.8 Å². The van der Waals surface area contributed by atoms with Crippen molar-refractivity contribution < 1.29 is 9.15 Å². The van der Waals surface area contributed by atoms with Gasteiger partial charge in [-0.2, -0.15) is 0 Å². The molecule has 0 saturated carbocycles. The molecule has 1 saturated heterocycles. The van der Waals surface area contributed by atoms with Crippen LogP contribution >= 0.6 is 0 Å². The second kappa shape index (κ2) is 7.37. The number of nitrogens with zero attached hydrogens (tertiary/aromatic N) is 5. The van der Waals surface area contributed by atoms with Crippen molar-refractivity contribution >= 4 is 5.82 Å². The van der Waals surface area contributed by atoms with Crippen LogP contribution in [0.4, 0.5) is 5.82 Å². The van der Waals surface area contributed by atoms with Crippen LogP contribution in [-0.4, -0.2) is 58.8 Å². The molecular formula is C17H25N5O3. The van der Waals surface area contributed by atoms with Crippen LogP contribution < -0.4 is 10.5 Å². The maximum atomic E-state index is 12.2. The lowest BCUT2D eigenvalue weighted by molar-refractivity contribution is -0.0288. The molecular weight excluding hydrogens is 322 g/mol. The van der Waals surface area contributed by atoms with E-state index in [0.717, 1.165) is 30.4 Å². The number of morpholine rings is 1. The second-order valence-electron chi connectivity index (χ2n) is 6.52. The summed E-state index contributed by atoms with van der Waals surface area (Å²) in [6.45, 7) is 7.40. The summed E-state index contributed by atoms with van der Waals surface area (Å²) in [5, 5.41) is 0. The Labute approximate surface area is 147 Å². The van der Waals surface area contributed by atoms with E-state index >= 15 is 0 Å². The third kappa shape index (κ3) is 4.08. The molecule has 1 aliphatic rings. The van der Waals surface area contributed by atoms with Gasteiger partial charge in [-0.3, -0.25) is 9.69 Å². The Balaban J connectivity index is 1.61. The highest BCUT2D eigenvalue weighted by atomic mass is 16.5. The van der Waals surface area contributed by atoms with E-state index in [1.165, 1.54) is 4.57 Å². The summed E-state index contributed by atoms with van der Waals surface area (Å²) in [6.07, 6.45) is 3.29. The number of ether oxygens (including phenoxy) is 1. The molecule has 3 rings (SSSR count). The SMILES string of the molecule is Cc1nc(CN2CCO[C@@H](CN(C)c3nccn(C)c3=O)C2)oc1C. The molecule has 0 aromatic carbocycles. The first kappa shape index (κ1) is 17.6. The second-order valence-corrected chi connectivity index (χ2v) is 6.52. The predicted octanol–water partition coefficient (Wildman–Crippen LogP) is 0.722. The largest absolute Gasteiger partial charge is 0.444 e. The molecule has 8 nitrogen and oxygen atoms in total.